The molecule has 4 aromatic rings. The number of aryl methyl sites for hydroxylation is 5. The van der Waals surface area contributed by atoms with Gasteiger partial charge in [0.05, 0.1) is 0 Å². The zero-order valence-corrected chi connectivity index (χ0v) is 26.8. The van der Waals surface area contributed by atoms with Crippen LogP contribution in [0.1, 0.15) is 82.0 Å². The first-order chi connectivity index (χ1) is 19.5. The minimum absolute atomic E-state index is 0.220. The molecule has 2 unspecified atom stereocenters. The Bertz CT molecular complexity index is 1670. The highest BCUT2D eigenvalue weighted by Crippen LogP contribution is 2.57. The molecule has 0 bridgehead atoms. The molecule has 0 aromatic heterocycles. The van der Waals surface area contributed by atoms with Crippen LogP contribution in [0.15, 0.2) is 90.0 Å². The van der Waals surface area contributed by atoms with Crippen LogP contribution in [-0.4, -0.2) is 0 Å². The van der Waals surface area contributed by atoms with E-state index in [2.05, 4.69) is 148 Å². The summed E-state index contributed by atoms with van der Waals surface area (Å²) in [5.74, 6) is 0.291. The van der Waals surface area contributed by atoms with Crippen molar-refractivity contribution in [2.24, 2.45) is 5.92 Å². The molecule has 0 aliphatic heterocycles. The summed E-state index contributed by atoms with van der Waals surface area (Å²) in [4.78, 5) is 0. The SMILES string of the molecule is CC1=C(c2ccc(C)c(C)c2)C(Cc2ccccc2)(c2ccc(C)c(C)c2C)C(C)C(C)=C1c1cc(C)cc(C)c1. The molecule has 0 saturated heterocycles. The molecule has 41 heavy (non-hydrogen) atoms. The van der Waals surface area contributed by atoms with Gasteiger partial charge in [0, 0.05) is 5.41 Å². The molecule has 0 amide bonds. The van der Waals surface area contributed by atoms with Crippen molar-refractivity contribution in [3.05, 3.63) is 151 Å². The number of hydrogen-bond donors (Lipinski definition) is 0. The van der Waals surface area contributed by atoms with E-state index in [4.69, 9.17) is 0 Å². The van der Waals surface area contributed by atoms with E-state index >= 15 is 0 Å². The van der Waals surface area contributed by atoms with Crippen molar-refractivity contribution in [1.29, 1.82) is 0 Å². The van der Waals surface area contributed by atoms with Gasteiger partial charge in [-0.05, 0) is 141 Å². The van der Waals surface area contributed by atoms with Crippen LogP contribution in [0, 0.1) is 54.4 Å². The second-order valence-corrected chi connectivity index (χ2v) is 12.8. The highest BCUT2D eigenvalue weighted by molar-refractivity contribution is 5.97. The average Bonchev–Trinajstić information content (AvgIpc) is 2.92. The fourth-order valence-corrected chi connectivity index (χ4v) is 7.55. The van der Waals surface area contributed by atoms with E-state index in [1.807, 2.05) is 0 Å². The second-order valence-electron chi connectivity index (χ2n) is 12.8. The van der Waals surface area contributed by atoms with Gasteiger partial charge < -0.3 is 0 Å². The zero-order chi connectivity index (χ0) is 29.6. The Labute approximate surface area is 248 Å². The first kappa shape index (κ1) is 28.9. The molecular formula is C41H46. The quantitative estimate of drug-likeness (QED) is 0.237. The highest BCUT2D eigenvalue weighted by Gasteiger charge is 2.48. The molecule has 2 atom stereocenters. The van der Waals surface area contributed by atoms with Crippen molar-refractivity contribution in [2.45, 2.75) is 81.1 Å². The molecule has 0 heterocycles. The molecule has 1 aliphatic carbocycles. The summed E-state index contributed by atoms with van der Waals surface area (Å²) in [7, 11) is 0. The monoisotopic (exact) mass is 538 g/mol. The summed E-state index contributed by atoms with van der Waals surface area (Å²) in [6.07, 6.45) is 0.954. The third-order valence-electron chi connectivity index (χ3n) is 10.1. The number of allylic oxidation sites excluding steroid dienone is 4. The molecule has 1 aliphatic rings. The maximum absolute atomic E-state index is 2.49. The first-order valence-corrected chi connectivity index (χ1v) is 15.2. The Balaban J connectivity index is 1.94. The Hall–Kier alpha value is -3.64. The predicted octanol–water partition coefficient (Wildman–Crippen LogP) is 10.9. The molecule has 0 nitrogen and oxygen atoms in total. The maximum Gasteiger partial charge on any atom is 0.0317 e. The van der Waals surface area contributed by atoms with Crippen LogP contribution in [0.2, 0.25) is 0 Å². The number of benzene rings is 4. The maximum atomic E-state index is 2.49. The summed E-state index contributed by atoms with van der Waals surface area (Å²) < 4.78 is 0. The van der Waals surface area contributed by atoms with Crippen LogP contribution in [-0.2, 0) is 11.8 Å². The van der Waals surface area contributed by atoms with Gasteiger partial charge in [0.25, 0.3) is 0 Å². The predicted molar refractivity (Wildman–Crippen MR) is 179 cm³/mol. The summed E-state index contributed by atoms with van der Waals surface area (Å²) in [6, 6.07) is 30.1. The summed E-state index contributed by atoms with van der Waals surface area (Å²) in [5, 5.41) is 0. The van der Waals surface area contributed by atoms with Crippen molar-refractivity contribution in [2.75, 3.05) is 0 Å². The normalized spacial score (nSPS) is 19.2. The van der Waals surface area contributed by atoms with Crippen LogP contribution in [0.25, 0.3) is 11.1 Å². The lowest BCUT2D eigenvalue weighted by Gasteiger charge is -2.49. The smallest absolute Gasteiger partial charge is 0.0317 e. The van der Waals surface area contributed by atoms with Gasteiger partial charge in [0.2, 0.25) is 0 Å². The molecule has 0 saturated carbocycles. The lowest BCUT2D eigenvalue weighted by atomic mass is 9.54. The van der Waals surface area contributed by atoms with E-state index in [9.17, 15) is 0 Å². The molecule has 0 N–H and O–H groups in total. The van der Waals surface area contributed by atoms with Crippen molar-refractivity contribution >= 4 is 11.1 Å². The Morgan fingerprint density at radius 2 is 1.22 bits per heavy atom. The number of rotatable bonds is 5. The Morgan fingerprint density at radius 3 is 1.85 bits per heavy atom. The number of hydrogen-bond acceptors (Lipinski definition) is 0. The Kier molecular flexibility index (Phi) is 7.73. The van der Waals surface area contributed by atoms with Gasteiger partial charge in [-0.25, -0.2) is 0 Å². The van der Waals surface area contributed by atoms with Gasteiger partial charge in [-0.3, -0.25) is 0 Å². The first-order valence-electron chi connectivity index (χ1n) is 15.2. The topological polar surface area (TPSA) is 0 Å². The minimum Gasteiger partial charge on any atom is -0.0622 e. The molecule has 0 spiro atoms. The lowest BCUT2D eigenvalue weighted by molar-refractivity contribution is 0.408. The van der Waals surface area contributed by atoms with Crippen molar-refractivity contribution in [3.63, 3.8) is 0 Å². The highest BCUT2D eigenvalue weighted by atomic mass is 14.5. The van der Waals surface area contributed by atoms with Gasteiger partial charge in [-0.1, -0.05) is 102 Å². The van der Waals surface area contributed by atoms with Gasteiger partial charge in [-0.2, -0.15) is 0 Å². The fourth-order valence-electron chi connectivity index (χ4n) is 7.55. The average molecular weight is 539 g/mol. The molecule has 5 rings (SSSR count). The third kappa shape index (κ3) is 4.93. The lowest BCUT2D eigenvalue weighted by Crippen LogP contribution is -2.42. The zero-order valence-electron chi connectivity index (χ0n) is 26.8. The molecule has 210 valence electrons. The van der Waals surface area contributed by atoms with E-state index in [-0.39, 0.29) is 5.41 Å². The largest absolute Gasteiger partial charge is 0.0622 e. The molecular weight excluding hydrogens is 492 g/mol. The standard InChI is InChI=1S/C41H46/c1-25-20-26(2)22-37(21-25)39-32(8)34(10)41(24-35-14-12-11-13-15-35,38-19-17-28(4)30(6)31(38)7)40(33(39)9)36-18-16-27(3)29(5)23-36/h11-23,34H,24H2,1-10H3. The van der Waals surface area contributed by atoms with E-state index in [1.165, 1.54) is 83.5 Å². The van der Waals surface area contributed by atoms with Gasteiger partial charge >= 0.3 is 0 Å². The molecule has 4 aromatic carbocycles. The van der Waals surface area contributed by atoms with Crippen LogP contribution in [0.5, 0.6) is 0 Å². The van der Waals surface area contributed by atoms with E-state index in [0.717, 1.165) is 6.42 Å². The molecule has 0 radical (unpaired) electrons. The van der Waals surface area contributed by atoms with Crippen molar-refractivity contribution < 1.29 is 0 Å². The summed E-state index contributed by atoms with van der Waals surface area (Å²) >= 11 is 0. The van der Waals surface area contributed by atoms with Crippen molar-refractivity contribution in [3.8, 4) is 0 Å². The second kappa shape index (κ2) is 11.0. The van der Waals surface area contributed by atoms with Crippen LogP contribution in [0.4, 0.5) is 0 Å². The Morgan fingerprint density at radius 1 is 0.585 bits per heavy atom. The van der Waals surface area contributed by atoms with Crippen LogP contribution >= 0.6 is 0 Å². The molecule has 0 heteroatoms. The van der Waals surface area contributed by atoms with Crippen LogP contribution in [0.3, 0.4) is 0 Å². The minimum atomic E-state index is -0.220. The van der Waals surface area contributed by atoms with E-state index in [0.29, 0.717) is 5.92 Å². The van der Waals surface area contributed by atoms with Gasteiger partial charge in [0.15, 0.2) is 0 Å². The fraction of sp³-hybridized carbons (Fsp3) is 0.317. The molecule has 0 fully saturated rings. The van der Waals surface area contributed by atoms with Crippen molar-refractivity contribution in [1.82, 2.24) is 0 Å². The summed E-state index contributed by atoms with van der Waals surface area (Å²) in [5.41, 5.74) is 20.6. The van der Waals surface area contributed by atoms with Gasteiger partial charge in [0.1, 0.15) is 0 Å². The van der Waals surface area contributed by atoms with E-state index in [1.54, 1.807) is 0 Å². The summed E-state index contributed by atoms with van der Waals surface area (Å²) in [6.45, 7) is 23.1. The van der Waals surface area contributed by atoms with Gasteiger partial charge in [-0.15, -0.1) is 0 Å². The van der Waals surface area contributed by atoms with Crippen LogP contribution < -0.4 is 0 Å². The third-order valence-corrected chi connectivity index (χ3v) is 10.1. The van der Waals surface area contributed by atoms with E-state index < -0.39 is 0 Å².